The third-order valence-electron chi connectivity index (χ3n) is 4.50. The largest absolute Gasteiger partial charge is 0.481 e. The summed E-state index contributed by atoms with van der Waals surface area (Å²) in [5.74, 6) is -0.681. The first kappa shape index (κ1) is 13.2. The first-order chi connectivity index (χ1) is 9.66. The molecule has 2 aromatic rings. The fourth-order valence-corrected chi connectivity index (χ4v) is 3.50. The highest BCUT2D eigenvalue weighted by molar-refractivity contribution is 5.84. The zero-order valence-corrected chi connectivity index (χ0v) is 11.9. The van der Waals surface area contributed by atoms with Crippen molar-refractivity contribution in [3.8, 4) is 0 Å². The summed E-state index contributed by atoms with van der Waals surface area (Å²) in [4.78, 5) is 11.0. The number of benzene rings is 1. The lowest BCUT2D eigenvalue weighted by Gasteiger charge is -2.18. The third kappa shape index (κ3) is 2.33. The van der Waals surface area contributed by atoms with Crippen LogP contribution in [0, 0.1) is 0 Å². The zero-order chi connectivity index (χ0) is 14.1. The van der Waals surface area contributed by atoms with E-state index in [2.05, 4.69) is 29.0 Å². The smallest absolute Gasteiger partial charge is 0.303 e. The van der Waals surface area contributed by atoms with E-state index in [0.717, 1.165) is 0 Å². The summed E-state index contributed by atoms with van der Waals surface area (Å²) in [5, 5.41) is 10.3. The van der Waals surface area contributed by atoms with E-state index in [4.69, 9.17) is 5.11 Å². The number of carboxylic acid groups (broad SMARTS) is 1. The molecule has 0 saturated heterocycles. The Morgan fingerprint density at radius 1 is 1.35 bits per heavy atom. The van der Waals surface area contributed by atoms with Crippen molar-refractivity contribution in [3.63, 3.8) is 0 Å². The standard InChI is InChI=1S/C17H21NO2/c1-12(11-16(19)20)15-8-4-5-13-9-10-18(17(13)15)14-6-2-3-7-14/h4-5,8-10,12,14H,2-3,6-7,11H2,1H3,(H,19,20). The maximum absolute atomic E-state index is 11.0. The van der Waals surface area contributed by atoms with E-state index in [-0.39, 0.29) is 12.3 Å². The molecule has 1 aromatic heterocycles. The van der Waals surface area contributed by atoms with Gasteiger partial charge in [-0.3, -0.25) is 4.79 Å². The van der Waals surface area contributed by atoms with Gasteiger partial charge in [-0.15, -0.1) is 0 Å². The Balaban J connectivity index is 2.06. The average Bonchev–Trinajstić information content (AvgIpc) is 3.05. The van der Waals surface area contributed by atoms with Crippen molar-refractivity contribution in [2.24, 2.45) is 0 Å². The van der Waals surface area contributed by atoms with Crippen LogP contribution < -0.4 is 0 Å². The van der Waals surface area contributed by atoms with E-state index in [1.165, 1.54) is 42.1 Å². The molecule has 0 aliphatic heterocycles. The van der Waals surface area contributed by atoms with Gasteiger partial charge >= 0.3 is 5.97 Å². The molecule has 1 heterocycles. The van der Waals surface area contributed by atoms with Gasteiger partial charge in [0.15, 0.2) is 0 Å². The van der Waals surface area contributed by atoms with Crippen molar-refractivity contribution in [2.45, 2.75) is 51.0 Å². The van der Waals surface area contributed by atoms with Crippen LogP contribution in [-0.2, 0) is 4.79 Å². The van der Waals surface area contributed by atoms with Crippen molar-refractivity contribution < 1.29 is 9.90 Å². The first-order valence-electron chi connectivity index (χ1n) is 7.48. The fraction of sp³-hybridized carbons (Fsp3) is 0.471. The van der Waals surface area contributed by atoms with E-state index >= 15 is 0 Å². The Morgan fingerprint density at radius 2 is 2.10 bits per heavy atom. The second-order valence-corrected chi connectivity index (χ2v) is 5.95. The van der Waals surface area contributed by atoms with Gasteiger partial charge in [0, 0.05) is 12.2 Å². The number of aliphatic carboxylic acids is 1. The number of hydrogen-bond donors (Lipinski definition) is 1. The highest BCUT2D eigenvalue weighted by atomic mass is 16.4. The number of aromatic nitrogens is 1. The van der Waals surface area contributed by atoms with E-state index in [0.29, 0.717) is 6.04 Å². The predicted octanol–water partition coefficient (Wildman–Crippen LogP) is 4.33. The van der Waals surface area contributed by atoms with E-state index in [9.17, 15) is 4.79 Å². The molecule has 0 radical (unpaired) electrons. The molecule has 3 nitrogen and oxygen atoms in total. The highest BCUT2D eigenvalue weighted by Gasteiger charge is 2.21. The molecule has 1 aliphatic carbocycles. The lowest BCUT2D eigenvalue weighted by molar-refractivity contribution is -0.137. The minimum atomic E-state index is -0.728. The van der Waals surface area contributed by atoms with Gasteiger partial charge in [-0.2, -0.15) is 0 Å². The summed E-state index contributed by atoms with van der Waals surface area (Å²) >= 11 is 0. The van der Waals surface area contributed by atoms with Gasteiger partial charge in [0.05, 0.1) is 11.9 Å². The van der Waals surface area contributed by atoms with Crippen LogP contribution in [0.1, 0.15) is 56.6 Å². The molecule has 0 spiro atoms. The van der Waals surface area contributed by atoms with Crippen LogP contribution in [0.15, 0.2) is 30.5 Å². The highest BCUT2D eigenvalue weighted by Crippen LogP contribution is 2.36. The first-order valence-corrected chi connectivity index (χ1v) is 7.48. The monoisotopic (exact) mass is 271 g/mol. The molecule has 3 heteroatoms. The van der Waals surface area contributed by atoms with Crippen molar-refractivity contribution in [1.29, 1.82) is 0 Å². The number of para-hydroxylation sites is 1. The third-order valence-corrected chi connectivity index (χ3v) is 4.50. The Bertz CT molecular complexity index is 623. The summed E-state index contributed by atoms with van der Waals surface area (Å²) in [5.41, 5.74) is 2.41. The van der Waals surface area contributed by atoms with Crippen LogP contribution in [0.2, 0.25) is 0 Å². The number of carboxylic acids is 1. The summed E-state index contributed by atoms with van der Waals surface area (Å²) in [6.45, 7) is 2.01. The second-order valence-electron chi connectivity index (χ2n) is 5.95. The molecule has 106 valence electrons. The number of rotatable bonds is 4. The normalized spacial score (nSPS) is 17.6. The Hall–Kier alpha value is -1.77. The molecular formula is C17H21NO2. The SMILES string of the molecule is CC(CC(=O)O)c1cccc2ccn(C3CCCC3)c12. The summed E-state index contributed by atoms with van der Waals surface area (Å²) < 4.78 is 2.38. The molecule has 3 rings (SSSR count). The van der Waals surface area contributed by atoms with E-state index in [1.807, 2.05) is 13.0 Å². The number of hydrogen-bond acceptors (Lipinski definition) is 1. The van der Waals surface area contributed by atoms with Crippen LogP contribution in [0.25, 0.3) is 10.9 Å². The maximum Gasteiger partial charge on any atom is 0.303 e. The van der Waals surface area contributed by atoms with Gasteiger partial charge in [0.1, 0.15) is 0 Å². The number of nitrogens with zero attached hydrogens (tertiary/aromatic N) is 1. The minimum absolute atomic E-state index is 0.0475. The molecule has 1 aliphatic rings. The van der Waals surface area contributed by atoms with Gasteiger partial charge < -0.3 is 9.67 Å². The summed E-state index contributed by atoms with van der Waals surface area (Å²) in [6.07, 6.45) is 7.46. The molecule has 1 aromatic carbocycles. The summed E-state index contributed by atoms with van der Waals surface area (Å²) in [7, 11) is 0. The van der Waals surface area contributed by atoms with Crippen LogP contribution >= 0.6 is 0 Å². The van der Waals surface area contributed by atoms with Crippen molar-refractivity contribution in [2.75, 3.05) is 0 Å². The zero-order valence-electron chi connectivity index (χ0n) is 11.9. The molecule has 0 amide bonds. The van der Waals surface area contributed by atoms with Crippen LogP contribution in [0.4, 0.5) is 0 Å². The molecule has 20 heavy (non-hydrogen) atoms. The van der Waals surface area contributed by atoms with Crippen molar-refractivity contribution >= 4 is 16.9 Å². The lowest BCUT2D eigenvalue weighted by Crippen LogP contribution is -2.08. The van der Waals surface area contributed by atoms with Crippen LogP contribution in [-0.4, -0.2) is 15.6 Å². The molecule has 1 atom stereocenters. The second kappa shape index (κ2) is 5.31. The average molecular weight is 271 g/mol. The van der Waals surface area contributed by atoms with Gasteiger partial charge in [-0.25, -0.2) is 0 Å². The van der Waals surface area contributed by atoms with Gasteiger partial charge in [0.25, 0.3) is 0 Å². The van der Waals surface area contributed by atoms with Gasteiger partial charge in [0.2, 0.25) is 0 Å². The van der Waals surface area contributed by atoms with Crippen molar-refractivity contribution in [1.82, 2.24) is 4.57 Å². The van der Waals surface area contributed by atoms with E-state index in [1.54, 1.807) is 0 Å². The van der Waals surface area contributed by atoms with Crippen molar-refractivity contribution in [3.05, 3.63) is 36.0 Å². The quantitative estimate of drug-likeness (QED) is 0.899. The molecule has 1 fully saturated rings. The predicted molar refractivity (Wildman–Crippen MR) is 80.1 cm³/mol. The number of fused-ring (bicyclic) bond motifs is 1. The van der Waals surface area contributed by atoms with Crippen LogP contribution in [0.3, 0.4) is 0 Å². The number of carbonyl (C=O) groups is 1. The molecule has 1 unspecified atom stereocenters. The Labute approximate surface area is 119 Å². The maximum atomic E-state index is 11.0. The Morgan fingerprint density at radius 3 is 2.80 bits per heavy atom. The van der Waals surface area contributed by atoms with E-state index < -0.39 is 5.97 Å². The molecule has 1 N–H and O–H groups in total. The lowest BCUT2D eigenvalue weighted by atomic mass is 9.95. The van der Waals surface area contributed by atoms with Gasteiger partial charge in [-0.1, -0.05) is 38.0 Å². The Kier molecular flexibility index (Phi) is 3.51. The molecule has 0 bridgehead atoms. The van der Waals surface area contributed by atoms with Crippen LogP contribution in [0.5, 0.6) is 0 Å². The minimum Gasteiger partial charge on any atom is -0.481 e. The molecule has 1 saturated carbocycles. The summed E-state index contributed by atoms with van der Waals surface area (Å²) in [6, 6.07) is 8.99. The van der Waals surface area contributed by atoms with Gasteiger partial charge in [-0.05, 0) is 35.8 Å². The molecular weight excluding hydrogens is 250 g/mol. The fourth-order valence-electron chi connectivity index (χ4n) is 3.50. The topological polar surface area (TPSA) is 42.2 Å².